The van der Waals surface area contributed by atoms with Crippen LogP contribution in [0.4, 0.5) is 17.6 Å². The fourth-order valence-corrected chi connectivity index (χ4v) is 4.32. The second-order valence-electron chi connectivity index (χ2n) is 9.29. The highest BCUT2D eigenvalue weighted by Gasteiger charge is 2.34. The molecule has 3 aromatic carbocycles. The molecule has 1 aliphatic heterocycles. The van der Waals surface area contributed by atoms with Crippen LogP contribution in [0.15, 0.2) is 60.7 Å². The molecule has 0 aromatic heterocycles. The summed E-state index contributed by atoms with van der Waals surface area (Å²) in [6.07, 6.45) is -4.80. The number of ether oxygens (including phenoxy) is 1. The van der Waals surface area contributed by atoms with Crippen LogP contribution in [0, 0.1) is 5.82 Å². The number of piperazine rings is 1. The lowest BCUT2D eigenvalue weighted by molar-refractivity contribution is -0.140. The standard InChI is InChI=1S/C28H28ClF4N3O2/c1-35-10-12-36(13-11-35)17-22-14-20(21-4-8-25(30)24(15-21)28(31,32)33)5-9-26(22)38-18-27(37)34-16-19-2-6-23(29)7-3-19/h2-9,14-15H,10-13,16-18H2,1H3,(H,34,37). The van der Waals surface area contributed by atoms with Gasteiger partial charge in [0.15, 0.2) is 6.61 Å². The summed E-state index contributed by atoms with van der Waals surface area (Å²) in [5.74, 6) is -1.17. The molecule has 3 aromatic rings. The van der Waals surface area contributed by atoms with Crippen molar-refractivity contribution in [1.82, 2.24) is 15.1 Å². The molecule has 38 heavy (non-hydrogen) atoms. The molecular formula is C28H28ClF4N3O2. The van der Waals surface area contributed by atoms with Gasteiger partial charge in [-0.25, -0.2) is 4.39 Å². The maximum absolute atomic E-state index is 13.8. The molecule has 0 unspecified atom stereocenters. The smallest absolute Gasteiger partial charge is 0.419 e. The third-order valence-electron chi connectivity index (χ3n) is 6.42. The molecule has 1 aliphatic rings. The van der Waals surface area contributed by atoms with Gasteiger partial charge in [0.25, 0.3) is 5.91 Å². The molecular weight excluding hydrogens is 522 g/mol. The van der Waals surface area contributed by atoms with E-state index in [-0.39, 0.29) is 18.1 Å². The molecule has 1 amide bonds. The Morgan fingerprint density at radius 1 is 0.974 bits per heavy atom. The second kappa shape index (κ2) is 12.1. The van der Waals surface area contributed by atoms with Crippen LogP contribution in [0.1, 0.15) is 16.7 Å². The van der Waals surface area contributed by atoms with E-state index in [2.05, 4.69) is 15.1 Å². The monoisotopic (exact) mass is 549 g/mol. The number of rotatable bonds is 8. The lowest BCUT2D eigenvalue weighted by atomic mass is 9.99. The molecule has 0 atom stereocenters. The lowest BCUT2D eigenvalue weighted by Gasteiger charge is -2.32. The van der Waals surface area contributed by atoms with E-state index in [0.29, 0.717) is 29.4 Å². The minimum absolute atomic E-state index is 0.225. The number of hydrogen-bond acceptors (Lipinski definition) is 4. The van der Waals surface area contributed by atoms with E-state index in [9.17, 15) is 22.4 Å². The van der Waals surface area contributed by atoms with Crippen LogP contribution < -0.4 is 10.1 Å². The number of carbonyl (C=O) groups is 1. The van der Waals surface area contributed by atoms with Gasteiger partial charge in [-0.2, -0.15) is 13.2 Å². The molecule has 1 saturated heterocycles. The first-order valence-corrected chi connectivity index (χ1v) is 12.5. The SMILES string of the molecule is CN1CCN(Cc2cc(-c3ccc(F)c(C(F)(F)F)c3)ccc2OCC(=O)NCc2ccc(Cl)cc2)CC1. The van der Waals surface area contributed by atoms with Gasteiger partial charge in [-0.05, 0) is 60.1 Å². The first-order chi connectivity index (χ1) is 18.1. The van der Waals surface area contributed by atoms with E-state index >= 15 is 0 Å². The summed E-state index contributed by atoms with van der Waals surface area (Å²) in [6, 6.07) is 15.1. The quantitative estimate of drug-likeness (QED) is 0.371. The summed E-state index contributed by atoms with van der Waals surface area (Å²) in [5.41, 5.74) is 1.05. The predicted molar refractivity (Wildman–Crippen MR) is 138 cm³/mol. The maximum atomic E-state index is 13.8. The van der Waals surface area contributed by atoms with E-state index in [1.807, 2.05) is 19.2 Å². The molecule has 4 rings (SSSR count). The van der Waals surface area contributed by atoms with Crippen LogP contribution in [-0.2, 0) is 24.1 Å². The predicted octanol–water partition coefficient (Wildman–Crippen LogP) is 5.61. The first-order valence-electron chi connectivity index (χ1n) is 12.1. The molecule has 1 fully saturated rings. The molecule has 0 saturated carbocycles. The van der Waals surface area contributed by atoms with Crippen molar-refractivity contribution in [3.05, 3.63) is 88.2 Å². The molecule has 5 nitrogen and oxygen atoms in total. The molecule has 0 radical (unpaired) electrons. The number of halogens is 5. The summed E-state index contributed by atoms with van der Waals surface area (Å²) in [4.78, 5) is 16.9. The number of nitrogens with one attached hydrogen (secondary N) is 1. The van der Waals surface area contributed by atoms with E-state index in [1.54, 1.807) is 30.3 Å². The van der Waals surface area contributed by atoms with E-state index in [4.69, 9.17) is 16.3 Å². The van der Waals surface area contributed by atoms with Gasteiger partial charge in [0.05, 0.1) is 5.56 Å². The fourth-order valence-electron chi connectivity index (χ4n) is 4.19. The van der Waals surface area contributed by atoms with Crippen molar-refractivity contribution >= 4 is 17.5 Å². The number of hydrogen-bond donors (Lipinski definition) is 1. The Bertz CT molecular complexity index is 1260. The van der Waals surface area contributed by atoms with Crippen LogP contribution >= 0.6 is 11.6 Å². The van der Waals surface area contributed by atoms with Crippen LogP contribution in [0.5, 0.6) is 5.75 Å². The van der Waals surface area contributed by atoms with Crippen molar-refractivity contribution in [2.75, 3.05) is 39.8 Å². The Labute approximate surface area is 223 Å². The van der Waals surface area contributed by atoms with Gasteiger partial charge >= 0.3 is 6.18 Å². The topological polar surface area (TPSA) is 44.8 Å². The van der Waals surface area contributed by atoms with Gasteiger partial charge in [-0.3, -0.25) is 9.69 Å². The van der Waals surface area contributed by atoms with Gasteiger partial charge in [0.1, 0.15) is 11.6 Å². The molecule has 202 valence electrons. The normalized spacial score (nSPS) is 14.9. The Hall–Kier alpha value is -3.14. The number of amides is 1. The molecule has 1 heterocycles. The van der Waals surface area contributed by atoms with Gasteiger partial charge in [0.2, 0.25) is 0 Å². The zero-order valence-electron chi connectivity index (χ0n) is 20.8. The number of nitrogens with zero attached hydrogens (tertiary/aromatic N) is 2. The van der Waals surface area contributed by atoms with E-state index in [1.165, 1.54) is 6.07 Å². The van der Waals surface area contributed by atoms with Gasteiger partial charge in [-0.1, -0.05) is 35.9 Å². The lowest BCUT2D eigenvalue weighted by Crippen LogP contribution is -2.43. The molecule has 10 heteroatoms. The first kappa shape index (κ1) is 27.9. The maximum Gasteiger partial charge on any atom is 0.419 e. The van der Waals surface area contributed by atoms with E-state index < -0.39 is 17.6 Å². The Balaban J connectivity index is 1.51. The summed E-state index contributed by atoms with van der Waals surface area (Å²) >= 11 is 5.89. The minimum atomic E-state index is -4.80. The van der Waals surface area contributed by atoms with Crippen LogP contribution in [0.2, 0.25) is 5.02 Å². The Morgan fingerprint density at radius 3 is 2.32 bits per heavy atom. The van der Waals surface area contributed by atoms with Crippen molar-refractivity contribution in [3.8, 4) is 16.9 Å². The average molecular weight is 550 g/mol. The molecule has 0 bridgehead atoms. The fraction of sp³-hybridized carbons (Fsp3) is 0.321. The second-order valence-corrected chi connectivity index (χ2v) is 9.72. The molecule has 0 aliphatic carbocycles. The minimum Gasteiger partial charge on any atom is -0.483 e. The zero-order valence-corrected chi connectivity index (χ0v) is 21.6. The summed E-state index contributed by atoms with van der Waals surface area (Å²) in [7, 11) is 2.04. The number of benzene rings is 3. The molecule has 1 N–H and O–H groups in total. The highest BCUT2D eigenvalue weighted by molar-refractivity contribution is 6.30. The van der Waals surface area contributed by atoms with Crippen molar-refractivity contribution < 1.29 is 27.1 Å². The van der Waals surface area contributed by atoms with Crippen molar-refractivity contribution in [2.24, 2.45) is 0 Å². The number of carbonyl (C=O) groups excluding carboxylic acids is 1. The largest absolute Gasteiger partial charge is 0.483 e. The Kier molecular flexibility index (Phi) is 8.91. The number of likely N-dealkylation sites (N-methyl/N-ethyl adjacent to an activating group) is 1. The van der Waals surface area contributed by atoms with Gasteiger partial charge < -0.3 is 15.0 Å². The van der Waals surface area contributed by atoms with Crippen LogP contribution in [0.3, 0.4) is 0 Å². The summed E-state index contributed by atoms with van der Waals surface area (Å²) in [5, 5.41) is 3.40. The molecule has 0 spiro atoms. The van der Waals surface area contributed by atoms with Crippen LogP contribution in [-0.4, -0.2) is 55.5 Å². The third kappa shape index (κ3) is 7.46. The van der Waals surface area contributed by atoms with Crippen molar-refractivity contribution in [1.29, 1.82) is 0 Å². The highest BCUT2D eigenvalue weighted by atomic mass is 35.5. The third-order valence-corrected chi connectivity index (χ3v) is 6.67. The van der Waals surface area contributed by atoms with Crippen molar-refractivity contribution in [3.63, 3.8) is 0 Å². The highest BCUT2D eigenvalue weighted by Crippen LogP contribution is 2.35. The van der Waals surface area contributed by atoms with E-state index in [0.717, 1.165) is 49.4 Å². The summed E-state index contributed by atoms with van der Waals surface area (Å²) in [6.45, 7) is 3.99. The number of alkyl halides is 3. The van der Waals surface area contributed by atoms with Gasteiger partial charge in [-0.15, -0.1) is 0 Å². The summed E-state index contributed by atoms with van der Waals surface area (Å²) < 4.78 is 59.5. The zero-order chi connectivity index (χ0) is 27.3. The average Bonchev–Trinajstić information content (AvgIpc) is 2.88. The van der Waals surface area contributed by atoms with Gasteiger partial charge in [0, 0.05) is 49.9 Å². The Morgan fingerprint density at radius 2 is 1.63 bits per heavy atom. The van der Waals surface area contributed by atoms with Crippen molar-refractivity contribution in [2.45, 2.75) is 19.3 Å². The van der Waals surface area contributed by atoms with Crippen LogP contribution in [0.25, 0.3) is 11.1 Å².